The zero-order chi connectivity index (χ0) is 18.4. The molecule has 0 saturated heterocycles. The van der Waals surface area contributed by atoms with Gasteiger partial charge >= 0.3 is 0 Å². The summed E-state index contributed by atoms with van der Waals surface area (Å²) in [6, 6.07) is 14.4. The maximum absolute atomic E-state index is 12.3. The molecule has 2 amide bonds. The summed E-state index contributed by atoms with van der Waals surface area (Å²) in [6.45, 7) is 10.4. The van der Waals surface area contributed by atoms with E-state index in [4.69, 9.17) is 0 Å². The lowest BCUT2D eigenvalue weighted by Gasteiger charge is -2.19. The van der Waals surface area contributed by atoms with Gasteiger partial charge in [0, 0.05) is 23.4 Å². The summed E-state index contributed by atoms with van der Waals surface area (Å²) in [5, 5.41) is 5.56. The van der Waals surface area contributed by atoms with Crippen molar-refractivity contribution >= 4 is 17.5 Å². The Morgan fingerprint density at radius 3 is 1.92 bits per heavy atom. The summed E-state index contributed by atoms with van der Waals surface area (Å²) in [4.78, 5) is 24.2. The molecule has 0 aliphatic heterocycles. The fourth-order valence-corrected chi connectivity index (χ4v) is 2.30. The first kappa shape index (κ1) is 18.5. The molecule has 0 fully saturated rings. The molecule has 2 rings (SSSR count). The van der Waals surface area contributed by atoms with E-state index in [1.807, 2.05) is 24.3 Å². The Kier molecular flexibility index (Phi) is 5.75. The molecule has 0 saturated carbocycles. The van der Waals surface area contributed by atoms with Crippen LogP contribution in [0.3, 0.4) is 0 Å². The van der Waals surface area contributed by atoms with Gasteiger partial charge in [0.05, 0.1) is 0 Å². The van der Waals surface area contributed by atoms with E-state index in [2.05, 4.69) is 38.0 Å². The molecule has 2 aromatic carbocycles. The number of benzene rings is 2. The van der Waals surface area contributed by atoms with Crippen LogP contribution in [-0.2, 0) is 5.41 Å². The fraction of sp³-hybridized carbons (Fsp3) is 0.238. The van der Waals surface area contributed by atoms with Crippen molar-refractivity contribution in [2.45, 2.75) is 26.2 Å². The van der Waals surface area contributed by atoms with Gasteiger partial charge in [-0.15, -0.1) is 6.58 Å². The van der Waals surface area contributed by atoms with Gasteiger partial charge in [0.2, 0.25) is 0 Å². The largest absolute Gasteiger partial charge is 0.349 e. The second-order valence-electron chi connectivity index (χ2n) is 6.86. The standard InChI is InChI=1S/C21H24N2O2/c1-5-14-22-19(24)15-6-8-16(9-7-15)20(25)23-18-12-10-17(11-13-18)21(2,3)4/h5-13H,1,14H2,2-4H3,(H,22,24)(H,23,25). The molecule has 0 aliphatic carbocycles. The van der Waals surface area contributed by atoms with Gasteiger partial charge in [-0.2, -0.15) is 0 Å². The first-order chi connectivity index (χ1) is 11.8. The van der Waals surface area contributed by atoms with Crippen molar-refractivity contribution in [3.63, 3.8) is 0 Å². The summed E-state index contributed by atoms with van der Waals surface area (Å²) in [5.41, 5.74) is 3.03. The van der Waals surface area contributed by atoms with E-state index in [0.717, 1.165) is 5.69 Å². The van der Waals surface area contributed by atoms with Crippen molar-refractivity contribution in [2.24, 2.45) is 0 Å². The number of rotatable bonds is 5. The molecule has 2 aromatic rings. The molecule has 0 unspecified atom stereocenters. The van der Waals surface area contributed by atoms with Crippen LogP contribution in [0.15, 0.2) is 61.2 Å². The summed E-state index contributed by atoms with van der Waals surface area (Å²) in [6.07, 6.45) is 1.62. The third kappa shape index (κ3) is 5.05. The Morgan fingerprint density at radius 1 is 0.920 bits per heavy atom. The van der Waals surface area contributed by atoms with Crippen molar-refractivity contribution in [3.05, 3.63) is 77.9 Å². The van der Waals surface area contributed by atoms with Gasteiger partial charge in [-0.1, -0.05) is 39.0 Å². The highest BCUT2D eigenvalue weighted by molar-refractivity contribution is 6.05. The van der Waals surface area contributed by atoms with E-state index >= 15 is 0 Å². The molecule has 0 radical (unpaired) electrons. The van der Waals surface area contributed by atoms with E-state index in [9.17, 15) is 9.59 Å². The molecule has 25 heavy (non-hydrogen) atoms. The first-order valence-electron chi connectivity index (χ1n) is 8.22. The molecule has 0 aliphatic rings. The minimum Gasteiger partial charge on any atom is -0.349 e. The number of anilines is 1. The van der Waals surface area contributed by atoms with Crippen molar-refractivity contribution in [1.82, 2.24) is 5.32 Å². The lowest BCUT2D eigenvalue weighted by Crippen LogP contribution is -2.23. The van der Waals surface area contributed by atoms with Gasteiger partial charge in [0.1, 0.15) is 0 Å². The predicted octanol–water partition coefficient (Wildman–Crippen LogP) is 4.15. The van der Waals surface area contributed by atoms with Gasteiger partial charge < -0.3 is 10.6 Å². The van der Waals surface area contributed by atoms with Crippen molar-refractivity contribution in [2.75, 3.05) is 11.9 Å². The van der Waals surface area contributed by atoms with Gasteiger partial charge in [-0.3, -0.25) is 9.59 Å². The number of amides is 2. The molecule has 0 spiro atoms. The third-order valence-corrected chi connectivity index (χ3v) is 3.83. The molecular weight excluding hydrogens is 312 g/mol. The highest BCUT2D eigenvalue weighted by Crippen LogP contribution is 2.23. The Morgan fingerprint density at radius 2 is 1.44 bits per heavy atom. The summed E-state index contributed by atoms with van der Waals surface area (Å²) in [7, 11) is 0. The van der Waals surface area contributed by atoms with E-state index < -0.39 is 0 Å². The van der Waals surface area contributed by atoms with E-state index in [-0.39, 0.29) is 17.2 Å². The lowest BCUT2D eigenvalue weighted by atomic mass is 9.87. The van der Waals surface area contributed by atoms with Crippen molar-refractivity contribution in [3.8, 4) is 0 Å². The molecule has 4 nitrogen and oxygen atoms in total. The Bertz CT molecular complexity index is 754. The van der Waals surface area contributed by atoms with Gasteiger partial charge in [0.15, 0.2) is 0 Å². The van der Waals surface area contributed by atoms with Crippen LogP contribution < -0.4 is 10.6 Å². The van der Waals surface area contributed by atoms with Crippen LogP contribution in [0.5, 0.6) is 0 Å². The highest BCUT2D eigenvalue weighted by atomic mass is 16.2. The van der Waals surface area contributed by atoms with E-state index in [1.54, 1.807) is 30.3 Å². The third-order valence-electron chi connectivity index (χ3n) is 3.83. The van der Waals surface area contributed by atoms with Crippen LogP contribution in [0.1, 0.15) is 47.1 Å². The molecule has 0 heterocycles. The summed E-state index contributed by atoms with van der Waals surface area (Å²) < 4.78 is 0. The van der Waals surface area contributed by atoms with Gasteiger partial charge in [0.25, 0.3) is 11.8 Å². The minimum absolute atomic E-state index is 0.0739. The molecule has 0 aromatic heterocycles. The van der Waals surface area contributed by atoms with Crippen molar-refractivity contribution < 1.29 is 9.59 Å². The predicted molar refractivity (Wildman–Crippen MR) is 102 cm³/mol. The molecule has 0 bridgehead atoms. The summed E-state index contributed by atoms with van der Waals surface area (Å²) >= 11 is 0. The maximum atomic E-state index is 12.3. The highest BCUT2D eigenvalue weighted by Gasteiger charge is 2.13. The average Bonchev–Trinajstić information content (AvgIpc) is 2.59. The monoisotopic (exact) mass is 336 g/mol. The number of carbonyl (C=O) groups excluding carboxylic acids is 2. The molecule has 2 N–H and O–H groups in total. The fourth-order valence-electron chi connectivity index (χ4n) is 2.30. The number of hydrogen-bond acceptors (Lipinski definition) is 2. The van der Waals surface area contributed by atoms with E-state index in [1.165, 1.54) is 5.56 Å². The Balaban J connectivity index is 2.03. The van der Waals surface area contributed by atoms with Crippen LogP contribution in [-0.4, -0.2) is 18.4 Å². The topological polar surface area (TPSA) is 58.2 Å². The first-order valence-corrected chi connectivity index (χ1v) is 8.22. The average molecular weight is 336 g/mol. The molecule has 130 valence electrons. The zero-order valence-electron chi connectivity index (χ0n) is 14.9. The second-order valence-corrected chi connectivity index (χ2v) is 6.86. The van der Waals surface area contributed by atoms with E-state index in [0.29, 0.717) is 17.7 Å². The molecular formula is C21H24N2O2. The van der Waals surface area contributed by atoms with Crippen LogP contribution in [0, 0.1) is 0 Å². The van der Waals surface area contributed by atoms with Crippen molar-refractivity contribution in [1.29, 1.82) is 0 Å². The number of hydrogen-bond donors (Lipinski definition) is 2. The van der Waals surface area contributed by atoms with Crippen LogP contribution in [0.4, 0.5) is 5.69 Å². The van der Waals surface area contributed by atoms with Gasteiger partial charge in [-0.25, -0.2) is 0 Å². The minimum atomic E-state index is -0.207. The number of nitrogens with one attached hydrogen (secondary N) is 2. The van der Waals surface area contributed by atoms with Crippen LogP contribution in [0.2, 0.25) is 0 Å². The number of carbonyl (C=O) groups is 2. The van der Waals surface area contributed by atoms with Crippen LogP contribution >= 0.6 is 0 Å². The Labute approximate surface area is 149 Å². The second kappa shape index (κ2) is 7.79. The van der Waals surface area contributed by atoms with Crippen LogP contribution in [0.25, 0.3) is 0 Å². The normalized spacial score (nSPS) is 10.8. The Hall–Kier alpha value is -2.88. The maximum Gasteiger partial charge on any atom is 0.255 e. The molecule has 4 heteroatoms. The zero-order valence-corrected chi connectivity index (χ0v) is 14.9. The molecule has 0 atom stereocenters. The SMILES string of the molecule is C=CCNC(=O)c1ccc(C(=O)Nc2ccc(C(C)(C)C)cc2)cc1. The van der Waals surface area contributed by atoms with Gasteiger partial charge in [-0.05, 0) is 47.4 Å². The quantitative estimate of drug-likeness (QED) is 0.806. The smallest absolute Gasteiger partial charge is 0.255 e. The lowest BCUT2D eigenvalue weighted by molar-refractivity contribution is 0.0956. The summed E-state index contributed by atoms with van der Waals surface area (Å²) in [5.74, 6) is -0.397.